The highest BCUT2D eigenvalue weighted by Crippen LogP contribution is 2.30. The van der Waals surface area contributed by atoms with Crippen molar-refractivity contribution in [3.63, 3.8) is 0 Å². The Morgan fingerprint density at radius 3 is 2.73 bits per heavy atom. The Morgan fingerprint density at radius 2 is 2.05 bits per heavy atom. The van der Waals surface area contributed by atoms with Crippen molar-refractivity contribution < 1.29 is 13.2 Å². The van der Waals surface area contributed by atoms with Crippen LogP contribution in [0.3, 0.4) is 0 Å². The SMILES string of the molecule is C=CNc1[nH]c(=O)[nH]c1C(=CCC)N(CCC)CCCn1nnc(Cc2ccc(F)c(C(C)(F)F)c2)n1. The van der Waals surface area contributed by atoms with E-state index in [1.165, 1.54) is 17.1 Å². The molecule has 200 valence electrons. The molecule has 0 amide bonds. The van der Waals surface area contributed by atoms with Gasteiger partial charge in [-0.25, -0.2) is 18.0 Å². The number of benzene rings is 1. The molecule has 0 atom stereocenters. The first-order valence-electron chi connectivity index (χ1n) is 12.2. The Bertz CT molecular complexity index is 1270. The molecule has 0 fully saturated rings. The lowest BCUT2D eigenvalue weighted by atomic mass is 10.0. The summed E-state index contributed by atoms with van der Waals surface area (Å²) in [5.74, 6) is -3.32. The smallest absolute Gasteiger partial charge is 0.325 e. The Morgan fingerprint density at radius 1 is 1.27 bits per heavy atom. The number of aromatic nitrogens is 6. The number of rotatable bonds is 14. The lowest BCUT2D eigenvalue weighted by Crippen LogP contribution is -2.26. The third-order valence-electron chi connectivity index (χ3n) is 5.61. The molecule has 0 saturated carbocycles. The summed E-state index contributed by atoms with van der Waals surface area (Å²) in [5, 5.41) is 15.4. The Kier molecular flexibility index (Phi) is 9.31. The summed E-state index contributed by atoms with van der Waals surface area (Å²) < 4.78 is 41.1. The number of imidazole rings is 1. The summed E-state index contributed by atoms with van der Waals surface area (Å²) in [6.45, 7) is 10.4. The van der Waals surface area contributed by atoms with Gasteiger partial charge in [0.15, 0.2) is 5.82 Å². The maximum Gasteiger partial charge on any atom is 0.325 e. The van der Waals surface area contributed by atoms with Crippen LogP contribution >= 0.6 is 0 Å². The minimum Gasteiger partial charge on any atom is -0.370 e. The fourth-order valence-electron chi connectivity index (χ4n) is 4.04. The average Bonchev–Trinajstić information content (AvgIpc) is 3.43. The van der Waals surface area contributed by atoms with Crippen LogP contribution in [0.1, 0.15) is 62.7 Å². The molecule has 3 aromatic rings. The molecule has 0 radical (unpaired) electrons. The van der Waals surface area contributed by atoms with E-state index in [1.54, 1.807) is 0 Å². The number of hydrogen-bond acceptors (Lipinski definition) is 6. The fraction of sp³-hybridized carbons (Fsp3) is 0.440. The van der Waals surface area contributed by atoms with Crippen molar-refractivity contribution in [1.29, 1.82) is 0 Å². The molecule has 1 aromatic carbocycles. The lowest BCUT2D eigenvalue weighted by Gasteiger charge is -2.27. The number of allylic oxidation sites excluding steroid dienone is 1. The number of tetrazole rings is 1. The number of aryl methyl sites for hydroxylation is 1. The van der Waals surface area contributed by atoms with E-state index in [0.29, 0.717) is 49.3 Å². The van der Waals surface area contributed by atoms with E-state index in [9.17, 15) is 18.0 Å². The van der Waals surface area contributed by atoms with E-state index in [4.69, 9.17) is 0 Å². The maximum absolute atomic E-state index is 13.8. The minimum atomic E-state index is -3.28. The van der Waals surface area contributed by atoms with Crippen LogP contribution in [0, 0.1) is 5.82 Å². The summed E-state index contributed by atoms with van der Waals surface area (Å²) in [5.41, 5.74) is 1.08. The van der Waals surface area contributed by atoms with E-state index in [0.717, 1.165) is 37.2 Å². The number of hydrogen-bond donors (Lipinski definition) is 3. The Balaban J connectivity index is 1.67. The van der Waals surface area contributed by atoms with Crippen molar-refractivity contribution >= 4 is 11.5 Å². The first kappa shape index (κ1) is 27.8. The van der Waals surface area contributed by atoms with Crippen LogP contribution < -0.4 is 11.0 Å². The minimum absolute atomic E-state index is 0.161. The van der Waals surface area contributed by atoms with E-state index in [-0.39, 0.29) is 12.1 Å². The van der Waals surface area contributed by atoms with Crippen LogP contribution in [0.15, 0.2) is 41.8 Å². The van der Waals surface area contributed by atoms with Crippen LogP contribution in [-0.4, -0.2) is 48.2 Å². The zero-order chi connectivity index (χ0) is 27.0. The van der Waals surface area contributed by atoms with Crippen molar-refractivity contribution in [1.82, 2.24) is 35.1 Å². The first-order valence-corrected chi connectivity index (χ1v) is 12.2. The van der Waals surface area contributed by atoms with E-state index in [1.807, 2.05) is 6.92 Å². The predicted molar refractivity (Wildman–Crippen MR) is 137 cm³/mol. The number of nitrogens with zero attached hydrogens (tertiary/aromatic N) is 5. The van der Waals surface area contributed by atoms with Crippen LogP contribution in [0.25, 0.3) is 5.70 Å². The molecular formula is C25H33F3N8O. The largest absolute Gasteiger partial charge is 0.370 e. The van der Waals surface area contributed by atoms with Crippen LogP contribution in [0.5, 0.6) is 0 Å². The molecule has 2 heterocycles. The van der Waals surface area contributed by atoms with E-state index < -0.39 is 17.3 Å². The second-order valence-corrected chi connectivity index (χ2v) is 8.70. The van der Waals surface area contributed by atoms with Crippen molar-refractivity contribution in [2.24, 2.45) is 0 Å². The number of H-pyrrole nitrogens is 2. The normalized spacial score (nSPS) is 12.1. The van der Waals surface area contributed by atoms with Gasteiger partial charge in [-0.3, -0.25) is 4.98 Å². The third-order valence-corrected chi connectivity index (χ3v) is 5.61. The first-order chi connectivity index (χ1) is 17.7. The zero-order valence-corrected chi connectivity index (χ0v) is 21.3. The van der Waals surface area contributed by atoms with Crippen LogP contribution in [0.4, 0.5) is 19.0 Å². The van der Waals surface area contributed by atoms with Gasteiger partial charge in [0.1, 0.15) is 17.3 Å². The molecule has 3 N–H and O–H groups in total. The summed E-state index contributed by atoms with van der Waals surface area (Å²) in [6.07, 6.45) is 6.10. The monoisotopic (exact) mass is 518 g/mol. The van der Waals surface area contributed by atoms with Crippen molar-refractivity contribution in [3.8, 4) is 0 Å². The van der Waals surface area contributed by atoms with E-state index >= 15 is 0 Å². The quantitative estimate of drug-likeness (QED) is 0.287. The van der Waals surface area contributed by atoms with Gasteiger partial charge < -0.3 is 15.2 Å². The zero-order valence-electron chi connectivity index (χ0n) is 21.3. The van der Waals surface area contributed by atoms with Crippen LogP contribution in [-0.2, 0) is 18.9 Å². The fourth-order valence-corrected chi connectivity index (χ4v) is 4.04. The molecule has 37 heavy (non-hydrogen) atoms. The maximum atomic E-state index is 13.8. The second-order valence-electron chi connectivity index (χ2n) is 8.70. The molecule has 0 aliphatic carbocycles. The molecule has 12 heteroatoms. The van der Waals surface area contributed by atoms with Gasteiger partial charge in [-0.15, -0.1) is 10.2 Å². The number of anilines is 1. The highest BCUT2D eigenvalue weighted by molar-refractivity contribution is 5.70. The number of aromatic amines is 2. The van der Waals surface area contributed by atoms with Gasteiger partial charge in [0, 0.05) is 26.4 Å². The lowest BCUT2D eigenvalue weighted by molar-refractivity contribution is 0.0137. The van der Waals surface area contributed by atoms with Gasteiger partial charge in [-0.05, 0) is 48.4 Å². The van der Waals surface area contributed by atoms with Crippen molar-refractivity contribution in [2.45, 2.75) is 58.9 Å². The van der Waals surface area contributed by atoms with Gasteiger partial charge in [0.2, 0.25) is 0 Å². The van der Waals surface area contributed by atoms with E-state index in [2.05, 4.69) is 55.2 Å². The predicted octanol–water partition coefficient (Wildman–Crippen LogP) is 4.64. The average molecular weight is 519 g/mol. The summed E-state index contributed by atoms with van der Waals surface area (Å²) in [6, 6.07) is 3.61. The third kappa shape index (κ3) is 7.34. The molecule has 0 saturated heterocycles. The van der Waals surface area contributed by atoms with Crippen molar-refractivity contribution in [2.75, 3.05) is 18.4 Å². The molecule has 3 rings (SSSR count). The van der Waals surface area contributed by atoms with Gasteiger partial charge in [0.05, 0.1) is 17.8 Å². The van der Waals surface area contributed by atoms with Gasteiger partial charge in [-0.1, -0.05) is 32.6 Å². The molecule has 0 aliphatic rings. The standard InChI is InChI=1S/C25H33F3N8O/c1-5-9-20(22-23(29-7-3)31-24(37)30-22)35(12-6-2)13-8-14-36-33-21(32-34-36)16-17-10-11-19(26)18(15-17)25(4,27)28/h7,9-11,15,29H,3,5-6,8,12-14,16H2,1-2,4H3,(H2,30,31,37). The molecule has 9 nitrogen and oxygen atoms in total. The van der Waals surface area contributed by atoms with Gasteiger partial charge in [-0.2, -0.15) is 4.80 Å². The molecule has 0 unspecified atom stereocenters. The highest BCUT2D eigenvalue weighted by Gasteiger charge is 2.28. The number of alkyl halides is 2. The molecule has 0 bridgehead atoms. The van der Waals surface area contributed by atoms with Crippen LogP contribution in [0.2, 0.25) is 0 Å². The Labute approximate surface area is 213 Å². The molecule has 0 aliphatic heterocycles. The molecule has 2 aromatic heterocycles. The number of halogens is 3. The highest BCUT2D eigenvalue weighted by atomic mass is 19.3. The summed E-state index contributed by atoms with van der Waals surface area (Å²) >= 11 is 0. The van der Waals surface area contributed by atoms with Gasteiger partial charge in [0.25, 0.3) is 5.92 Å². The topological polar surface area (TPSA) is 108 Å². The Hall–Kier alpha value is -3.83. The summed E-state index contributed by atoms with van der Waals surface area (Å²) in [7, 11) is 0. The van der Waals surface area contributed by atoms with Crippen molar-refractivity contribution in [3.05, 3.63) is 76.0 Å². The molecular weight excluding hydrogens is 485 g/mol. The number of nitrogens with one attached hydrogen (secondary N) is 3. The summed E-state index contributed by atoms with van der Waals surface area (Å²) in [4.78, 5) is 21.2. The van der Waals surface area contributed by atoms with Gasteiger partial charge >= 0.3 is 5.69 Å². The second kappa shape index (κ2) is 12.4. The molecule has 0 spiro atoms.